The molecule has 2 amide bonds. The summed E-state index contributed by atoms with van der Waals surface area (Å²) < 4.78 is 5.43. The summed E-state index contributed by atoms with van der Waals surface area (Å²) in [4.78, 5) is 28.8. The summed E-state index contributed by atoms with van der Waals surface area (Å²) in [6.45, 7) is 3.98. The van der Waals surface area contributed by atoms with Gasteiger partial charge in [-0.05, 0) is 5.56 Å². The highest BCUT2D eigenvalue weighted by atomic mass is 16.4. The number of carbonyl (C=O) groups excluding carboxylic acids is 2. The van der Waals surface area contributed by atoms with E-state index in [4.69, 9.17) is 4.42 Å². The number of aryl methyl sites for hydroxylation is 1. The van der Waals surface area contributed by atoms with E-state index in [0.29, 0.717) is 31.3 Å². The Balaban J connectivity index is 1.42. The first kappa shape index (κ1) is 16.0. The molecule has 7 heteroatoms. The molecule has 2 aromatic rings. The zero-order valence-electron chi connectivity index (χ0n) is 14.1. The molecule has 2 atom stereocenters. The van der Waals surface area contributed by atoms with Crippen LogP contribution in [0, 0.1) is 11.8 Å². The smallest absolute Gasteiger partial charge is 0.236 e. The van der Waals surface area contributed by atoms with Crippen LogP contribution >= 0.6 is 0 Å². The third-order valence-electron chi connectivity index (χ3n) is 4.92. The molecule has 0 radical (unpaired) electrons. The summed E-state index contributed by atoms with van der Waals surface area (Å²) in [7, 11) is 0. The Morgan fingerprint density at radius 2 is 1.64 bits per heavy atom. The summed E-state index contributed by atoms with van der Waals surface area (Å²) in [6, 6.07) is 10.1. The largest absolute Gasteiger partial charge is 0.423 e. The van der Waals surface area contributed by atoms with Crippen LogP contribution in [0.4, 0.5) is 0 Å². The molecule has 2 unspecified atom stereocenters. The molecule has 0 aliphatic carbocycles. The van der Waals surface area contributed by atoms with Crippen molar-refractivity contribution in [2.75, 3.05) is 13.1 Å². The SMILES string of the molecule is CCc1nnc(CN2C(=O)C3CN(Cc4ccccc4)CC3C2=O)o1. The van der Waals surface area contributed by atoms with Gasteiger partial charge in [0, 0.05) is 26.1 Å². The molecule has 3 heterocycles. The molecular formula is C18H20N4O3. The van der Waals surface area contributed by atoms with Crippen LogP contribution in [0.2, 0.25) is 0 Å². The van der Waals surface area contributed by atoms with Crippen LogP contribution in [0.3, 0.4) is 0 Å². The first-order valence-electron chi connectivity index (χ1n) is 8.58. The fourth-order valence-electron chi connectivity index (χ4n) is 3.65. The molecule has 0 N–H and O–H groups in total. The Morgan fingerprint density at radius 3 is 2.24 bits per heavy atom. The molecule has 4 rings (SSSR count). The van der Waals surface area contributed by atoms with Gasteiger partial charge in [-0.1, -0.05) is 37.3 Å². The Kier molecular flexibility index (Phi) is 4.09. The zero-order chi connectivity index (χ0) is 17.4. The number of imide groups is 1. The van der Waals surface area contributed by atoms with E-state index in [1.807, 2.05) is 25.1 Å². The van der Waals surface area contributed by atoms with E-state index in [1.54, 1.807) is 0 Å². The third kappa shape index (κ3) is 2.95. The van der Waals surface area contributed by atoms with Gasteiger partial charge in [-0.2, -0.15) is 0 Å². The predicted octanol–water partition coefficient (Wildman–Crippen LogP) is 1.25. The van der Waals surface area contributed by atoms with E-state index in [9.17, 15) is 9.59 Å². The van der Waals surface area contributed by atoms with Crippen molar-refractivity contribution in [2.45, 2.75) is 26.4 Å². The summed E-state index contributed by atoms with van der Waals surface area (Å²) in [6.07, 6.45) is 0.634. The minimum atomic E-state index is -0.259. The number of benzene rings is 1. The maximum atomic E-state index is 12.7. The second-order valence-electron chi connectivity index (χ2n) is 6.60. The van der Waals surface area contributed by atoms with Crippen molar-refractivity contribution in [1.82, 2.24) is 20.0 Å². The molecule has 2 saturated heterocycles. The highest BCUT2D eigenvalue weighted by Gasteiger charge is 2.52. The zero-order valence-corrected chi connectivity index (χ0v) is 14.1. The molecule has 130 valence electrons. The highest BCUT2D eigenvalue weighted by molar-refractivity contribution is 6.05. The standard InChI is InChI=1S/C18H20N4O3/c1-2-15-19-20-16(25-15)11-22-17(23)13-9-21(10-14(13)18(22)24)8-12-6-4-3-5-7-12/h3-7,13-14H,2,8-11H2,1H3. The van der Waals surface area contributed by atoms with Gasteiger partial charge in [-0.15, -0.1) is 10.2 Å². The lowest BCUT2D eigenvalue weighted by molar-refractivity contribution is -0.141. The Morgan fingerprint density at radius 1 is 1.00 bits per heavy atom. The normalized spacial score (nSPS) is 23.5. The number of carbonyl (C=O) groups is 2. The number of rotatable bonds is 5. The lowest BCUT2D eigenvalue weighted by atomic mass is 10.00. The van der Waals surface area contributed by atoms with Crippen LogP contribution in [-0.2, 0) is 29.1 Å². The predicted molar refractivity (Wildman–Crippen MR) is 87.9 cm³/mol. The molecular weight excluding hydrogens is 320 g/mol. The van der Waals surface area contributed by atoms with Crippen molar-refractivity contribution in [3.05, 3.63) is 47.7 Å². The molecule has 0 saturated carbocycles. The molecule has 1 aromatic heterocycles. The van der Waals surface area contributed by atoms with Crippen molar-refractivity contribution in [3.63, 3.8) is 0 Å². The average Bonchev–Trinajstić information content (AvgIpc) is 3.30. The average molecular weight is 340 g/mol. The topological polar surface area (TPSA) is 79.5 Å². The second-order valence-corrected chi connectivity index (χ2v) is 6.60. The van der Waals surface area contributed by atoms with E-state index in [-0.39, 0.29) is 30.2 Å². The first-order valence-corrected chi connectivity index (χ1v) is 8.58. The fourth-order valence-corrected chi connectivity index (χ4v) is 3.65. The van der Waals surface area contributed by atoms with Crippen molar-refractivity contribution < 1.29 is 14.0 Å². The van der Waals surface area contributed by atoms with E-state index in [2.05, 4.69) is 27.2 Å². The van der Waals surface area contributed by atoms with Crippen molar-refractivity contribution in [3.8, 4) is 0 Å². The van der Waals surface area contributed by atoms with Crippen LogP contribution in [-0.4, -0.2) is 44.9 Å². The molecule has 25 heavy (non-hydrogen) atoms. The first-order chi connectivity index (χ1) is 12.2. The van der Waals surface area contributed by atoms with Crippen LogP contribution in [0.1, 0.15) is 24.3 Å². The van der Waals surface area contributed by atoms with Crippen LogP contribution in [0.15, 0.2) is 34.7 Å². The Bertz CT molecular complexity index is 765. The highest BCUT2D eigenvalue weighted by Crippen LogP contribution is 2.34. The van der Waals surface area contributed by atoms with Crippen LogP contribution in [0.25, 0.3) is 0 Å². The van der Waals surface area contributed by atoms with Gasteiger partial charge in [0.1, 0.15) is 6.54 Å². The van der Waals surface area contributed by atoms with Crippen LogP contribution in [0.5, 0.6) is 0 Å². The van der Waals surface area contributed by atoms with E-state index in [1.165, 1.54) is 10.5 Å². The summed E-state index contributed by atoms with van der Waals surface area (Å²) >= 11 is 0. The lowest BCUT2D eigenvalue weighted by Crippen LogP contribution is -2.35. The van der Waals surface area contributed by atoms with Crippen molar-refractivity contribution >= 4 is 11.8 Å². The number of amides is 2. The lowest BCUT2D eigenvalue weighted by Gasteiger charge is -2.19. The van der Waals surface area contributed by atoms with Crippen molar-refractivity contribution in [2.24, 2.45) is 11.8 Å². The molecule has 7 nitrogen and oxygen atoms in total. The monoisotopic (exact) mass is 340 g/mol. The number of likely N-dealkylation sites (tertiary alicyclic amines) is 2. The molecule has 1 aromatic carbocycles. The molecule has 2 aliphatic rings. The minimum absolute atomic E-state index is 0.0797. The van der Waals surface area contributed by atoms with Gasteiger partial charge in [0.05, 0.1) is 11.8 Å². The fraction of sp³-hybridized carbons (Fsp3) is 0.444. The van der Waals surface area contributed by atoms with Gasteiger partial charge >= 0.3 is 0 Å². The second kappa shape index (κ2) is 6.40. The summed E-state index contributed by atoms with van der Waals surface area (Å²) in [5, 5.41) is 7.79. The molecule has 0 bridgehead atoms. The van der Waals surface area contributed by atoms with Crippen LogP contribution < -0.4 is 0 Å². The summed E-state index contributed by atoms with van der Waals surface area (Å²) in [5.41, 5.74) is 1.19. The maximum absolute atomic E-state index is 12.7. The number of nitrogens with zero attached hydrogens (tertiary/aromatic N) is 4. The molecule has 2 fully saturated rings. The van der Waals surface area contributed by atoms with E-state index < -0.39 is 0 Å². The minimum Gasteiger partial charge on any atom is -0.423 e. The Labute approximate surface area is 145 Å². The quantitative estimate of drug-likeness (QED) is 0.762. The van der Waals surface area contributed by atoms with E-state index >= 15 is 0 Å². The number of fused-ring (bicyclic) bond motifs is 1. The molecule has 0 spiro atoms. The molecule has 2 aliphatic heterocycles. The Hall–Kier alpha value is -2.54. The van der Waals surface area contributed by atoms with Gasteiger partial charge < -0.3 is 4.42 Å². The van der Waals surface area contributed by atoms with Crippen molar-refractivity contribution in [1.29, 1.82) is 0 Å². The number of hydrogen-bond donors (Lipinski definition) is 0. The van der Waals surface area contributed by atoms with Gasteiger partial charge in [-0.25, -0.2) is 0 Å². The van der Waals surface area contributed by atoms with Gasteiger partial charge in [0.2, 0.25) is 23.6 Å². The maximum Gasteiger partial charge on any atom is 0.236 e. The summed E-state index contributed by atoms with van der Waals surface area (Å²) in [5.74, 6) is 0.0705. The van der Waals surface area contributed by atoms with Gasteiger partial charge in [-0.3, -0.25) is 19.4 Å². The third-order valence-corrected chi connectivity index (χ3v) is 4.92. The van der Waals surface area contributed by atoms with Gasteiger partial charge in [0.15, 0.2) is 0 Å². The number of aromatic nitrogens is 2. The number of hydrogen-bond acceptors (Lipinski definition) is 6. The van der Waals surface area contributed by atoms with E-state index in [0.717, 1.165) is 6.54 Å². The van der Waals surface area contributed by atoms with Gasteiger partial charge in [0.25, 0.3) is 0 Å².